The van der Waals surface area contributed by atoms with Crippen LogP contribution in [0.3, 0.4) is 0 Å². The number of aromatic nitrogens is 3. The van der Waals surface area contributed by atoms with Crippen molar-refractivity contribution in [1.82, 2.24) is 30.4 Å². The monoisotopic (exact) mass is 375 g/mol. The molecule has 0 amide bonds. The molecule has 9 nitrogen and oxygen atoms in total. The Kier molecular flexibility index (Phi) is 6.10. The van der Waals surface area contributed by atoms with Gasteiger partial charge in [-0.2, -0.15) is 4.98 Å². The zero-order chi connectivity index (χ0) is 19.3. The van der Waals surface area contributed by atoms with Gasteiger partial charge in [-0.15, -0.1) is 0 Å². The molecule has 0 radical (unpaired) electrons. The highest BCUT2D eigenvalue weighted by Crippen LogP contribution is 2.19. The van der Waals surface area contributed by atoms with E-state index >= 15 is 0 Å². The molecule has 0 saturated carbocycles. The second-order valence-electron chi connectivity index (χ2n) is 7.69. The number of rotatable bonds is 5. The van der Waals surface area contributed by atoms with E-state index in [1.807, 2.05) is 6.07 Å². The van der Waals surface area contributed by atoms with E-state index in [1.54, 1.807) is 6.26 Å². The Morgan fingerprint density at radius 1 is 1.22 bits per heavy atom. The molecule has 0 aliphatic carbocycles. The molecule has 3 heterocycles. The van der Waals surface area contributed by atoms with Gasteiger partial charge in [0.1, 0.15) is 12.8 Å². The van der Waals surface area contributed by atoms with E-state index in [9.17, 15) is 0 Å². The highest BCUT2D eigenvalue weighted by atomic mass is 16.5. The van der Waals surface area contributed by atoms with Crippen LogP contribution in [0.1, 0.15) is 45.1 Å². The molecule has 0 spiro atoms. The summed E-state index contributed by atoms with van der Waals surface area (Å²) in [6.45, 7) is 14.0. The zero-order valence-electron chi connectivity index (χ0n) is 16.6. The predicted octanol–water partition coefficient (Wildman–Crippen LogP) is 1.64. The lowest BCUT2D eigenvalue weighted by atomic mass is 9.97. The van der Waals surface area contributed by atoms with Gasteiger partial charge in [0.15, 0.2) is 11.8 Å². The van der Waals surface area contributed by atoms with E-state index < -0.39 is 0 Å². The van der Waals surface area contributed by atoms with Crippen molar-refractivity contribution in [2.75, 3.05) is 32.7 Å². The third-order valence-corrected chi connectivity index (χ3v) is 4.36. The maximum absolute atomic E-state index is 5.35. The van der Waals surface area contributed by atoms with Crippen LogP contribution >= 0.6 is 0 Å². The standard InChI is InChI=1S/C18H29N7O2/c1-5-19-17(20-12-15-21-16(27-23-15)18(2,3)4)25-9-7-24(8-10-25)13-14-6-11-26-22-14/h6,11H,5,7-10,12-13H2,1-4H3,(H,19,20). The molecule has 27 heavy (non-hydrogen) atoms. The summed E-state index contributed by atoms with van der Waals surface area (Å²) in [6, 6.07) is 1.91. The lowest BCUT2D eigenvalue weighted by Crippen LogP contribution is -2.52. The molecule has 1 saturated heterocycles. The van der Waals surface area contributed by atoms with Crippen LogP contribution in [-0.4, -0.2) is 63.8 Å². The molecule has 0 atom stereocenters. The Morgan fingerprint density at radius 2 is 2.00 bits per heavy atom. The molecule has 1 aliphatic heterocycles. The lowest BCUT2D eigenvalue weighted by molar-refractivity contribution is 0.169. The Morgan fingerprint density at radius 3 is 2.59 bits per heavy atom. The van der Waals surface area contributed by atoms with Gasteiger partial charge in [-0.25, -0.2) is 4.99 Å². The first-order valence-corrected chi connectivity index (χ1v) is 9.43. The number of hydrogen-bond acceptors (Lipinski definition) is 7. The normalized spacial score (nSPS) is 16.7. The van der Waals surface area contributed by atoms with Gasteiger partial charge in [-0.1, -0.05) is 31.1 Å². The van der Waals surface area contributed by atoms with Crippen molar-refractivity contribution in [2.24, 2.45) is 4.99 Å². The smallest absolute Gasteiger partial charge is 0.232 e. The second-order valence-corrected chi connectivity index (χ2v) is 7.69. The minimum absolute atomic E-state index is 0.153. The summed E-state index contributed by atoms with van der Waals surface area (Å²) < 4.78 is 10.3. The van der Waals surface area contributed by atoms with E-state index in [1.165, 1.54) is 0 Å². The third-order valence-electron chi connectivity index (χ3n) is 4.36. The van der Waals surface area contributed by atoms with Crippen LogP contribution in [0.2, 0.25) is 0 Å². The van der Waals surface area contributed by atoms with Crippen molar-refractivity contribution in [3.8, 4) is 0 Å². The van der Waals surface area contributed by atoms with E-state index in [2.05, 4.69) is 58.1 Å². The summed E-state index contributed by atoms with van der Waals surface area (Å²) in [6.07, 6.45) is 1.62. The van der Waals surface area contributed by atoms with Gasteiger partial charge < -0.3 is 19.3 Å². The van der Waals surface area contributed by atoms with Gasteiger partial charge in [-0.05, 0) is 6.92 Å². The molecule has 0 bridgehead atoms. The second kappa shape index (κ2) is 8.51. The van der Waals surface area contributed by atoms with Crippen LogP contribution in [0, 0.1) is 0 Å². The van der Waals surface area contributed by atoms with Crippen LogP contribution in [0.15, 0.2) is 26.4 Å². The number of nitrogens with zero attached hydrogens (tertiary/aromatic N) is 6. The van der Waals surface area contributed by atoms with Gasteiger partial charge >= 0.3 is 0 Å². The molecule has 0 unspecified atom stereocenters. The average molecular weight is 375 g/mol. The number of nitrogens with one attached hydrogen (secondary N) is 1. The first-order valence-electron chi connectivity index (χ1n) is 9.43. The van der Waals surface area contributed by atoms with Crippen molar-refractivity contribution < 1.29 is 9.05 Å². The minimum Gasteiger partial charge on any atom is -0.364 e. The van der Waals surface area contributed by atoms with E-state index in [0.717, 1.165) is 50.9 Å². The van der Waals surface area contributed by atoms with Crippen molar-refractivity contribution in [2.45, 2.75) is 46.2 Å². The quantitative estimate of drug-likeness (QED) is 0.622. The Hall–Kier alpha value is -2.42. The van der Waals surface area contributed by atoms with Crippen LogP contribution in [0.25, 0.3) is 0 Å². The van der Waals surface area contributed by atoms with Crippen molar-refractivity contribution in [3.63, 3.8) is 0 Å². The summed E-state index contributed by atoms with van der Waals surface area (Å²) in [7, 11) is 0. The average Bonchev–Trinajstić information content (AvgIpc) is 3.31. The summed E-state index contributed by atoms with van der Waals surface area (Å²) >= 11 is 0. The fraction of sp³-hybridized carbons (Fsp3) is 0.667. The van der Waals surface area contributed by atoms with Gasteiger partial charge in [0.05, 0.1) is 5.69 Å². The minimum atomic E-state index is -0.153. The third kappa shape index (κ3) is 5.29. The highest BCUT2D eigenvalue weighted by molar-refractivity contribution is 5.80. The summed E-state index contributed by atoms with van der Waals surface area (Å²) in [5.41, 5.74) is 0.815. The van der Waals surface area contributed by atoms with Gasteiger partial charge in [-0.3, -0.25) is 4.90 Å². The molecule has 1 N–H and O–H groups in total. The van der Waals surface area contributed by atoms with E-state index in [0.29, 0.717) is 18.3 Å². The van der Waals surface area contributed by atoms with Crippen LogP contribution < -0.4 is 5.32 Å². The molecule has 148 valence electrons. The van der Waals surface area contributed by atoms with Gasteiger partial charge in [0.2, 0.25) is 5.89 Å². The molecule has 1 aliphatic rings. The molecule has 0 aromatic carbocycles. The molecular formula is C18H29N7O2. The van der Waals surface area contributed by atoms with Crippen molar-refractivity contribution >= 4 is 5.96 Å². The first kappa shape index (κ1) is 19.3. The zero-order valence-corrected chi connectivity index (χ0v) is 16.6. The Bertz CT molecular complexity index is 725. The Balaban J connectivity index is 1.57. The number of aliphatic imine (C=N–C) groups is 1. The number of guanidine groups is 1. The summed E-state index contributed by atoms with van der Waals surface area (Å²) in [5.74, 6) is 2.14. The highest BCUT2D eigenvalue weighted by Gasteiger charge is 2.23. The fourth-order valence-electron chi connectivity index (χ4n) is 2.86. The van der Waals surface area contributed by atoms with Crippen LogP contribution in [-0.2, 0) is 18.5 Å². The molecule has 3 rings (SSSR count). The number of piperazine rings is 1. The van der Waals surface area contributed by atoms with E-state index in [4.69, 9.17) is 14.0 Å². The lowest BCUT2D eigenvalue weighted by Gasteiger charge is -2.36. The fourth-order valence-corrected chi connectivity index (χ4v) is 2.86. The van der Waals surface area contributed by atoms with Crippen LogP contribution in [0.5, 0.6) is 0 Å². The first-order chi connectivity index (χ1) is 13.0. The number of hydrogen-bond donors (Lipinski definition) is 1. The molecule has 9 heteroatoms. The van der Waals surface area contributed by atoms with Crippen molar-refractivity contribution in [1.29, 1.82) is 0 Å². The molecule has 1 fully saturated rings. The Labute approximate surface area is 159 Å². The molecule has 2 aromatic rings. The topological polar surface area (TPSA) is 95.8 Å². The maximum atomic E-state index is 5.35. The SMILES string of the molecule is CCNC(=NCc1noc(C(C)(C)C)n1)N1CCN(Cc2ccon2)CC1. The summed E-state index contributed by atoms with van der Waals surface area (Å²) in [5, 5.41) is 11.4. The van der Waals surface area contributed by atoms with Crippen LogP contribution in [0.4, 0.5) is 0 Å². The van der Waals surface area contributed by atoms with E-state index in [-0.39, 0.29) is 5.41 Å². The summed E-state index contributed by atoms with van der Waals surface area (Å²) in [4.78, 5) is 13.8. The molecule has 2 aromatic heterocycles. The van der Waals surface area contributed by atoms with Gasteiger partial charge in [0, 0.05) is 50.7 Å². The van der Waals surface area contributed by atoms with Crippen molar-refractivity contribution in [3.05, 3.63) is 29.7 Å². The maximum Gasteiger partial charge on any atom is 0.232 e. The predicted molar refractivity (Wildman–Crippen MR) is 101 cm³/mol. The van der Waals surface area contributed by atoms with Gasteiger partial charge in [0.25, 0.3) is 0 Å². The largest absolute Gasteiger partial charge is 0.364 e. The molecular weight excluding hydrogens is 346 g/mol.